The predicted molar refractivity (Wildman–Crippen MR) is 61.8 cm³/mol. The molecule has 16 heavy (non-hydrogen) atoms. The van der Waals surface area contributed by atoms with Gasteiger partial charge < -0.3 is 5.73 Å². The van der Waals surface area contributed by atoms with Crippen LogP contribution in [-0.4, -0.2) is 30.3 Å². The van der Waals surface area contributed by atoms with Gasteiger partial charge in [0.25, 0.3) is 0 Å². The summed E-state index contributed by atoms with van der Waals surface area (Å²) in [6, 6.07) is 0.108. The maximum absolute atomic E-state index is 11.8. The third kappa shape index (κ3) is 2.73. The lowest BCUT2D eigenvalue weighted by Crippen LogP contribution is -2.50. The molecule has 2 rings (SSSR count). The van der Waals surface area contributed by atoms with Gasteiger partial charge in [0.2, 0.25) is 10.0 Å². The van der Waals surface area contributed by atoms with Crippen LogP contribution in [0.3, 0.4) is 0 Å². The molecule has 6 nitrogen and oxygen atoms in total. The van der Waals surface area contributed by atoms with Crippen LogP contribution in [0.25, 0.3) is 0 Å². The summed E-state index contributed by atoms with van der Waals surface area (Å²) < 4.78 is 27.6. The third-order valence-corrected chi connectivity index (χ3v) is 3.96. The minimum absolute atomic E-state index is 0. The van der Waals surface area contributed by atoms with Crippen molar-refractivity contribution < 1.29 is 8.42 Å². The van der Waals surface area contributed by atoms with Crippen molar-refractivity contribution in [2.24, 2.45) is 12.8 Å². The highest BCUT2D eigenvalue weighted by atomic mass is 35.5. The number of nitrogens with zero attached hydrogens (tertiary/aromatic N) is 2. The molecule has 92 valence electrons. The minimum Gasteiger partial charge on any atom is -0.328 e. The number of aromatic nitrogens is 2. The SMILES string of the molecule is Cl.Cn1cc(S(=O)(=O)NC2CC(N)C2)cn1. The van der Waals surface area contributed by atoms with Crippen LogP contribution in [0, 0.1) is 0 Å². The van der Waals surface area contributed by atoms with E-state index in [9.17, 15) is 8.42 Å². The topological polar surface area (TPSA) is 90.0 Å². The maximum atomic E-state index is 11.8. The summed E-state index contributed by atoms with van der Waals surface area (Å²) in [6.45, 7) is 0. The molecule has 1 aromatic heterocycles. The second-order valence-electron chi connectivity index (χ2n) is 3.90. The first-order chi connectivity index (χ1) is 6.97. The summed E-state index contributed by atoms with van der Waals surface area (Å²) in [5.74, 6) is 0. The summed E-state index contributed by atoms with van der Waals surface area (Å²) in [4.78, 5) is 0.200. The molecule has 0 aromatic carbocycles. The van der Waals surface area contributed by atoms with E-state index in [2.05, 4.69) is 9.82 Å². The zero-order valence-electron chi connectivity index (χ0n) is 8.83. The Hall–Kier alpha value is -0.630. The predicted octanol–water partition coefficient (Wildman–Crippen LogP) is -0.390. The van der Waals surface area contributed by atoms with E-state index in [0.29, 0.717) is 12.8 Å². The molecule has 1 aromatic rings. The van der Waals surface area contributed by atoms with Crippen LogP contribution in [0.1, 0.15) is 12.8 Å². The summed E-state index contributed by atoms with van der Waals surface area (Å²) in [5.41, 5.74) is 5.58. The zero-order chi connectivity index (χ0) is 11.1. The van der Waals surface area contributed by atoms with E-state index in [0.717, 1.165) is 0 Å². The van der Waals surface area contributed by atoms with Gasteiger partial charge in [0.05, 0.1) is 6.20 Å². The lowest BCUT2D eigenvalue weighted by molar-refractivity contribution is 0.327. The largest absolute Gasteiger partial charge is 0.328 e. The Kier molecular flexibility index (Phi) is 3.95. The highest BCUT2D eigenvalue weighted by molar-refractivity contribution is 7.89. The lowest BCUT2D eigenvalue weighted by atomic mass is 9.89. The summed E-state index contributed by atoms with van der Waals surface area (Å²) in [7, 11) is -1.73. The molecule has 1 heterocycles. The molecule has 0 bridgehead atoms. The van der Waals surface area contributed by atoms with E-state index in [4.69, 9.17) is 5.73 Å². The molecule has 1 saturated carbocycles. The molecule has 0 unspecified atom stereocenters. The number of nitrogens with two attached hydrogens (primary N) is 1. The molecule has 1 fully saturated rings. The third-order valence-electron chi connectivity index (χ3n) is 2.49. The molecule has 0 saturated heterocycles. The smallest absolute Gasteiger partial charge is 0.243 e. The molecular formula is C8H15ClN4O2S. The number of aryl methyl sites for hydroxylation is 1. The zero-order valence-corrected chi connectivity index (χ0v) is 10.5. The molecule has 1 aliphatic carbocycles. The second kappa shape index (κ2) is 4.70. The molecule has 1 aliphatic rings. The molecule has 0 spiro atoms. The fraction of sp³-hybridized carbons (Fsp3) is 0.625. The first-order valence-electron chi connectivity index (χ1n) is 4.74. The monoisotopic (exact) mass is 266 g/mol. The van der Waals surface area contributed by atoms with Crippen LogP contribution in [0.4, 0.5) is 0 Å². The summed E-state index contributed by atoms with van der Waals surface area (Å²) in [6.07, 6.45) is 4.22. The Morgan fingerprint density at radius 1 is 1.56 bits per heavy atom. The second-order valence-corrected chi connectivity index (χ2v) is 5.61. The Morgan fingerprint density at radius 3 is 2.62 bits per heavy atom. The first kappa shape index (κ1) is 13.4. The number of hydrogen-bond acceptors (Lipinski definition) is 4. The van der Waals surface area contributed by atoms with E-state index >= 15 is 0 Å². The van der Waals surface area contributed by atoms with E-state index in [1.54, 1.807) is 7.05 Å². The fourth-order valence-corrected chi connectivity index (χ4v) is 2.83. The van der Waals surface area contributed by atoms with E-state index < -0.39 is 10.0 Å². The van der Waals surface area contributed by atoms with Gasteiger partial charge in [-0.05, 0) is 12.8 Å². The molecular weight excluding hydrogens is 252 g/mol. The first-order valence-corrected chi connectivity index (χ1v) is 6.22. The van der Waals surface area contributed by atoms with Crippen molar-refractivity contribution in [3.8, 4) is 0 Å². The Labute approximate surface area is 101 Å². The van der Waals surface area contributed by atoms with Crippen molar-refractivity contribution in [1.82, 2.24) is 14.5 Å². The van der Waals surface area contributed by atoms with Gasteiger partial charge in [-0.15, -0.1) is 12.4 Å². The number of rotatable bonds is 3. The van der Waals surface area contributed by atoms with Crippen LogP contribution < -0.4 is 10.5 Å². The van der Waals surface area contributed by atoms with Gasteiger partial charge in [0.15, 0.2) is 0 Å². The quantitative estimate of drug-likeness (QED) is 0.780. The molecule has 8 heteroatoms. The van der Waals surface area contributed by atoms with Gasteiger partial charge in [0, 0.05) is 25.3 Å². The van der Waals surface area contributed by atoms with E-state index in [1.807, 2.05) is 0 Å². The fourth-order valence-electron chi connectivity index (χ4n) is 1.58. The van der Waals surface area contributed by atoms with Crippen molar-refractivity contribution in [2.75, 3.05) is 0 Å². The van der Waals surface area contributed by atoms with Crippen molar-refractivity contribution in [1.29, 1.82) is 0 Å². The molecule has 0 aliphatic heterocycles. The molecule has 0 amide bonds. The van der Waals surface area contributed by atoms with Crippen molar-refractivity contribution >= 4 is 22.4 Å². The number of hydrogen-bond donors (Lipinski definition) is 2. The van der Waals surface area contributed by atoms with Crippen molar-refractivity contribution in [3.63, 3.8) is 0 Å². The van der Waals surface area contributed by atoms with Gasteiger partial charge >= 0.3 is 0 Å². The van der Waals surface area contributed by atoms with E-state index in [1.165, 1.54) is 17.1 Å². The van der Waals surface area contributed by atoms with Gasteiger partial charge in [-0.1, -0.05) is 0 Å². The van der Waals surface area contributed by atoms with Gasteiger partial charge in [0.1, 0.15) is 4.90 Å². The average molecular weight is 267 g/mol. The Morgan fingerprint density at radius 2 is 2.19 bits per heavy atom. The summed E-state index contributed by atoms with van der Waals surface area (Å²) >= 11 is 0. The number of nitrogens with one attached hydrogen (secondary N) is 1. The van der Waals surface area contributed by atoms with E-state index in [-0.39, 0.29) is 29.4 Å². The molecule has 3 N–H and O–H groups in total. The van der Waals surface area contributed by atoms with Crippen molar-refractivity contribution in [2.45, 2.75) is 29.8 Å². The van der Waals surface area contributed by atoms with Crippen LogP contribution in [0.15, 0.2) is 17.3 Å². The van der Waals surface area contributed by atoms with Gasteiger partial charge in [-0.2, -0.15) is 5.10 Å². The minimum atomic E-state index is -3.41. The highest BCUT2D eigenvalue weighted by Gasteiger charge is 2.30. The average Bonchev–Trinajstić information content (AvgIpc) is 2.49. The van der Waals surface area contributed by atoms with Crippen molar-refractivity contribution in [3.05, 3.63) is 12.4 Å². The Balaban J connectivity index is 0.00000128. The van der Waals surface area contributed by atoms with Crippen LogP contribution in [-0.2, 0) is 17.1 Å². The molecule has 0 atom stereocenters. The van der Waals surface area contributed by atoms with Crippen LogP contribution in [0.5, 0.6) is 0 Å². The Bertz CT molecular complexity index is 452. The van der Waals surface area contributed by atoms with Gasteiger partial charge in [-0.3, -0.25) is 4.68 Å². The van der Waals surface area contributed by atoms with Gasteiger partial charge in [-0.25, -0.2) is 13.1 Å². The summed E-state index contributed by atoms with van der Waals surface area (Å²) in [5, 5.41) is 3.82. The number of halogens is 1. The highest BCUT2D eigenvalue weighted by Crippen LogP contribution is 2.20. The normalized spacial score (nSPS) is 24.6. The van der Waals surface area contributed by atoms with Crippen LogP contribution >= 0.6 is 12.4 Å². The standard InChI is InChI=1S/C8H14N4O2S.ClH/c1-12-5-8(4-10-12)15(13,14)11-7-2-6(9)3-7;/h4-7,11H,2-3,9H2,1H3;1H. The number of sulfonamides is 1. The molecule has 0 radical (unpaired) electrons. The van der Waals surface area contributed by atoms with Crippen LogP contribution in [0.2, 0.25) is 0 Å². The lowest BCUT2D eigenvalue weighted by Gasteiger charge is -2.32. The maximum Gasteiger partial charge on any atom is 0.243 e.